The van der Waals surface area contributed by atoms with E-state index in [9.17, 15) is 13.6 Å². The quantitative estimate of drug-likeness (QED) is 0.866. The number of aliphatic carboxylic acids is 1. The molecule has 0 radical (unpaired) electrons. The number of ether oxygens (including phenoxy) is 1. The van der Waals surface area contributed by atoms with Crippen molar-refractivity contribution in [1.29, 1.82) is 0 Å². The molecule has 3 nitrogen and oxygen atoms in total. The number of carboxylic acid groups (broad SMARTS) is 1. The molecule has 0 atom stereocenters. The van der Waals surface area contributed by atoms with Crippen molar-refractivity contribution in [3.8, 4) is 5.75 Å². The van der Waals surface area contributed by atoms with Crippen LogP contribution in [0.2, 0.25) is 0 Å². The van der Waals surface area contributed by atoms with Crippen LogP contribution in [-0.2, 0) is 10.2 Å². The van der Waals surface area contributed by atoms with Crippen LogP contribution in [0.3, 0.4) is 0 Å². The van der Waals surface area contributed by atoms with E-state index in [2.05, 4.69) is 0 Å². The monoisotopic (exact) mass is 230 g/mol. The molecule has 0 aromatic heterocycles. The van der Waals surface area contributed by atoms with Crippen LogP contribution in [0.25, 0.3) is 0 Å². The molecule has 1 N–H and O–H groups in total. The summed E-state index contributed by atoms with van der Waals surface area (Å²) in [5.41, 5.74) is -1.85. The summed E-state index contributed by atoms with van der Waals surface area (Å²) in [5, 5.41) is 8.99. The van der Waals surface area contributed by atoms with E-state index in [0.717, 1.165) is 12.1 Å². The van der Waals surface area contributed by atoms with Crippen LogP contribution in [0, 0.1) is 11.6 Å². The molecular weight excluding hydrogens is 218 g/mol. The minimum absolute atomic E-state index is 0.289. The van der Waals surface area contributed by atoms with Gasteiger partial charge < -0.3 is 9.84 Å². The van der Waals surface area contributed by atoms with Gasteiger partial charge in [-0.15, -0.1) is 0 Å². The van der Waals surface area contributed by atoms with Gasteiger partial charge in [-0.1, -0.05) is 0 Å². The highest BCUT2D eigenvalue weighted by Crippen LogP contribution is 2.35. The van der Waals surface area contributed by atoms with Gasteiger partial charge in [-0.05, 0) is 26.0 Å². The maximum atomic E-state index is 13.6. The summed E-state index contributed by atoms with van der Waals surface area (Å²) in [7, 11) is 1.17. The second-order valence-corrected chi connectivity index (χ2v) is 3.87. The van der Waals surface area contributed by atoms with Gasteiger partial charge in [-0.3, -0.25) is 4.79 Å². The maximum absolute atomic E-state index is 13.6. The lowest BCUT2D eigenvalue weighted by Crippen LogP contribution is -2.30. The molecule has 1 aromatic rings. The minimum atomic E-state index is -1.56. The van der Waals surface area contributed by atoms with Crippen molar-refractivity contribution >= 4 is 5.97 Å². The molecule has 0 aliphatic rings. The summed E-state index contributed by atoms with van der Waals surface area (Å²) in [4.78, 5) is 11.0. The number of carbonyl (C=O) groups is 1. The summed E-state index contributed by atoms with van der Waals surface area (Å²) in [5.74, 6) is -3.21. The average molecular weight is 230 g/mol. The number of methoxy groups -OCH3 is 1. The SMILES string of the molecule is COc1c(F)ccc(F)c1C(C)(C)C(=O)O. The summed E-state index contributed by atoms with van der Waals surface area (Å²) in [6.07, 6.45) is 0. The Labute approximate surface area is 91.7 Å². The fourth-order valence-electron chi connectivity index (χ4n) is 1.42. The van der Waals surface area contributed by atoms with E-state index in [4.69, 9.17) is 9.84 Å². The molecule has 0 amide bonds. The minimum Gasteiger partial charge on any atom is -0.493 e. The van der Waals surface area contributed by atoms with Gasteiger partial charge >= 0.3 is 5.97 Å². The van der Waals surface area contributed by atoms with E-state index in [-0.39, 0.29) is 11.3 Å². The molecule has 0 aliphatic carbocycles. The second kappa shape index (κ2) is 4.08. The first-order valence-corrected chi connectivity index (χ1v) is 4.58. The average Bonchev–Trinajstić information content (AvgIpc) is 2.20. The second-order valence-electron chi connectivity index (χ2n) is 3.87. The van der Waals surface area contributed by atoms with Gasteiger partial charge in [-0.2, -0.15) is 0 Å². The first kappa shape index (κ1) is 12.4. The molecule has 0 unspecified atom stereocenters. The summed E-state index contributed by atoms with van der Waals surface area (Å²) >= 11 is 0. The molecule has 0 fully saturated rings. The third-order valence-electron chi connectivity index (χ3n) is 2.42. The molecule has 5 heteroatoms. The highest BCUT2D eigenvalue weighted by atomic mass is 19.1. The zero-order chi connectivity index (χ0) is 12.5. The highest BCUT2D eigenvalue weighted by Gasteiger charge is 2.36. The predicted octanol–water partition coefficient (Wildman–Crippen LogP) is 2.34. The Hall–Kier alpha value is -1.65. The predicted molar refractivity (Wildman–Crippen MR) is 53.6 cm³/mol. The Morgan fingerprint density at radius 1 is 1.31 bits per heavy atom. The molecule has 0 heterocycles. The Morgan fingerprint density at radius 3 is 2.25 bits per heavy atom. The molecular formula is C11H12F2O3. The molecule has 1 rings (SSSR count). The number of hydrogen-bond acceptors (Lipinski definition) is 2. The van der Waals surface area contributed by atoms with E-state index < -0.39 is 23.0 Å². The number of halogens is 2. The summed E-state index contributed by atoms with van der Waals surface area (Å²) in [6, 6.07) is 1.79. The van der Waals surface area contributed by atoms with Gasteiger partial charge in [0.05, 0.1) is 12.5 Å². The van der Waals surface area contributed by atoms with E-state index in [1.165, 1.54) is 21.0 Å². The third-order valence-corrected chi connectivity index (χ3v) is 2.42. The summed E-state index contributed by atoms with van der Waals surface area (Å²) < 4.78 is 31.6. The first-order valence-electron chi connectivity index (χ1n) is 4.58. The zero-order valence-electron chi connectivity index (χ0n) is 9.17. The van der Waals surface area contributed by atoms with Gasteiger partial charge in [-0.25, -0.2) is 8.78 Å². The molecule has 16 heavy (non-hydrogen) atoms. The Bertz CT molecular complexity index is 427. The third kappa shape index (κ3) is 1.85. The Balaban J connectivity index is 3.54. The van der Waals surface area contributed by atoms with Crippen LogP contribution in [0.1, 0.15) is 19.4 Å². The van der Waals surface area contributed by atoms with Crippen molar-refractivity contribution in [1.82, 2.24) is 0 Å². The van der Waals surface area contributed by atoms with Crippen molar-refractivity contribution in [2.24, 2.45) is 0 Å². The van der Waals surface area contributed by atoms with Crippen LogP contribution >= 0.6 is 0 Å². The van der Waals surface area contributed by atoms with Gasteiger partial charge in [0.1, 0.15) is 5.82 Å². The molecule has 88 valence electrons. The van der Waals surface area contributed by atoms with Crippen molar-refractivity contribution in [2.45, 2.75) is 19.3 Å². The summed E-state index contributed by atoms with van der Waals surface area (Å²) in [6.45, 7) is 2.57. The largest absolute Gasteiger partial charge is 0.493 e. The van der Waals surface area contributed by atoms with Gasteiger partial charge in [0.25, 0.3) is 0 Å². The lowest BCUT2D eigenvalue weighted by molar-refractivity contribution is -0.142. The van der Waals surface area contributed by atoms with E-state index >= 15 is 0 Å². The van der Waals surface area contributed by atoms with Crippen molar-refractivity contribution < 1.29 is 23.4 Å². The van der Waals surface area contributed by atoms with E-state index in [1.807, 2.05) is 0 Å². The fourth-order valence-corrected chi connectivity index (χ4v) is 1.42. The van der Waals surface area contributed by atoms with Gasteiger partial charge in [0.2, 0.25) is 0 Å². The first-order chi connectivity index (χ1) is 7.32. The number of rotatable bonds is 3. The van der Waals surface area contributed by atoms with Crippen molar-refractivity contribution in [2.75, 3.05) is 7.11 Å². The fraction of sp³-hybridized carbons (Fsp3) is 0.364. The molecule has 1 aromatic carbocycles. The van der Waals surface area contributed by atoms with Crippen LogP contribution in [0.5, 0.6) is 5.75 Å². The van der Waals surface area contributed by atoms with Crippen LogP contribution in [-0.4, -0.2) is 18.2 Å². The smallest absolute Gasteiger partial charge is 0.313 e. The number of carboxylic acids is 1. The lowest BCUT2D eigenvalue weighted by Gasteiger charge is -2.23. The van der Waals surface area contributed by atoms with Crippen LogP contribution in [0.15, 0.2) is 12.1 Å². The van der Waals surface area contributed by atoms with Crippen molar-refractivity contribution in [3.63, 3.8) is 0 Å². The highest BCUT2D eigenvalue weighted by molar-refractivity contribution is 5.81. The Morgan fingerprint density at radius 2 is 1.81 bits per heavy atom. The molecule has 0 aliphatic heterocycles. The zero-order valence-corrected chi connectivity index (χ0v) is 9.17. The molecule has 0 spiro atoms. The normalized spacial score (nSPS) is 11.3. The molecule has 0 saturated carbocycles. The topological polar surface area (TPSA) is 46.5 Å². The molecule has 0 saturated heterocycles. The van der Waals surface area contributed by atoms with Crippen molar-refractivity contribution in [3.05, 3.63) is 29.3 Å². The number of hydrogen-bond donors (Lipinski definition) is 1. The molecule has 0 bridgehead atoms. The van der Waals surface area contributed by atoms with E-state index in [0.29, 0.717) is 0 Å². The number of benzene rings is 1. The van der Waals surface area contributed by atoms with Crippen LogP contribution < -0.4 is 4.74 Å². The Kier molecular flexibility index (Phi) is 3.16. The standard InChI is InChI=1S/C11H12F2O3/c1-11(2,10(14)15)8-6(12)4-5-7(13)9(8)16-3/h4-5H,1-3H3,(H,14,15). The maximum Gasteiger partial charge on any atom is 0.313 e. The lowest BCUT2D eigenvalue weighted by atomic mass is 9.83. The van der Waals surface area contributed by atoms with Gasteiger partial charge in [0.15, 0.2) is 11.6 Å². The van der Waals surface area contributed by atoms with E-state index in [1.54, 1.807) is 0 Å². The van der Waals surface area contributed by atoms with Crippen LogP contribution in [0.4, 0.5) is 8.78 Å². The van der Waals surface area contributed by atoms with Gasteiger partial charge in [0, 0.05) is 5.56 Å².